The minimum absolute atomic E-state index is 0.369. The maximum atomic E-state index is 5.71. The van der Waals surface area contributed by atoms with E-state index >= 15 is 0 Å². The standard InChI is InChI=1S/C13H23N3O/c1-11(12(2)16-8-5-7-15-16)14-10-13-6-3-4-9-17-13/h5,7-8,11-14H,3-4,6,9-10H2,1-2H3/t11-,12-,13+/m0/s1. The zero-order valence-electron chi connectivity index (χ0n) is 10.8. The smallest absolute Gasteiger partial charge is 0.0699 e. The Kier molecular flexibility index (Phi) is 4.57. The molecule has 4 heteroatoms. The van der Waals surface area contributed by atoms with Crippen LogP contribution in [0.25, 0.3) is 0 Å². The Bertz CT molecular complexity index is 306. The highest BCUT2D eigenvalue weighted by Crippen LogP contribution is 2.13. The summed E-state index contributed by atoms with van der Waals surface area (Å²) in [5, 5.41) is 7.83. The number of aromatic nitrogens is 2. The van der Waals surface area contributed by atoms with Gasteiger partial charge in [-0.2, -0.15) is 5.10 Å². The van der Waals surface area contributed by atoms with Crippen molar-refractivity contribution in [2.75, 3.05) is 13.2 Å². The highest BCUT2D eigenvalue weighted by atomic mass is 16.5. The van der Waals surface area contributed by atoms with Crippen molar-refractivity contribution in [1.82, 2.24) is 15.1 Å². The zero-order valence-corrected chi connectivity index (χ0v) is 10.8. The van der Waals surface area contributed by atoms with Crippen LogP contribution >= 0.6 is 0 Å². The fourth-order valence-corrected chi connectivity index (χ4v) is 2.21. The summed E-state index contributed by atoms with van der Waals surface area (Å²) in [6.07, 6.45) is 7.95. The molecule has 0 unspecified atom stereocenters. The lowest BCUT2D eigenvalue weighted by atomic mass is 10.1. The first-order chi connectivity index (χ1) is 8.27. The van der Waals surface area contributed by atoms with Crippen LogP contribution in [0.15, 0.2) is 18.5 Å². The lowest BCUT2D eigenvalue weighted by molar-refractivity contribution is 0.0147. The fraction of sp³-hybridized carbons (Fsp3) is 0.769. The van der Waals surface area contributed by atoms with Gasteiger partial charge in [0.1, 0.15) is 0 Å². The molecule has 96 valence electrons. The van der Waals surface area contributed by atoms with Gasteiger partial charge in [0.25, 0.3) is 0 Å². The van der Waals surface area contributed by atoms with Gasteiger partial charge in [-0.3, -0.25) is 4.68 Å². The molecule has 1 fully saturated rings. The quantitative estimate of drug-likeness (QED) is 0.851. The van der Waals surface area contributed by atoms with E-state index in [1.165, 1.54) is 19.3 Å². The SMILES string of the molecule is C[C@H](NC[C@H]1CCCCO1)[C@H](C)n1cccn1. The highest BCUT2D eigenvalue weighted by Gasteiger charge is 2.18. The Morgan fingerprint density at radius 3 is 3.00 bits per heavy atom. The number of hydrogen-bond donors (Lipinski definition) is 1. The van der Waals surface area contributed by atoms with Crippen molar-refractivity contribution in [1.29, 1.82) is 0 Å². The van der Waals surface area contributed by atoms with E-state index in [-0.39, 0.29) is 0 Å². The second-order valence-corrected chi connectivity index (χ2v) is 4.91. The molecule has 0 radical (unpaired) electrons. The average Bonchev–Trinajstić information content (AvgIpc) is 2.90. The van der Waals surface area contributed by atoms with Crippen LogP contribution in [-0.4, -0.2) is 35.1 Å². The summed E-state index contributed by atoms with van der Waals surface area (Å²) >= 11 is 0. The van der Waals surface area contributed by atoms with Crippen LogP contribution in [0.5, 0.6) is 0 Å². The summed E-state index contributed by atoms with van der Waals surface area (Å²) in [5.74, 6) is 0. The van der Waals surface area contributed by atoms with Gasteiger partial charge in [0.05, 0.1) is 12.1 Å². The summed E-state index contributed by atoms with van der Waals surface area (Å²) in [7, 11) is 0. The Morgan fingerprint density at radius 2 is 2.35 bits per heavy atom. The van der Waals surface area contributed by atoms with Gasteiger partial charge < -0.3 is 10.1 Å². The zero-order chi connectivity index (χ0) is 12.1. The van der Waals surface area contributed by atoms with Crippen LogP contribution < -0.4 is 5.32 Å². The maximum absolute atomic E-state index is 5.71. The molecule has 1 saturated heterocycles. The molecule has 1 aliphatic heterocycles. The second-order valence-electron chi connectivity index (χ2n) is 4.91. The Morgan fingerprint density at radius 1 is 1.47 bits per heavy atom. The van der Waals surface area contributed by atoms with Crippen LogP contribution in [0.2, 0.25) is 0 Å². The first-order valence-electron chi connectivity index (χ1n) is 6.61. The molecule has 3 atom stereocenters. The van der Waals surface area contributed by atoms with Crippen LogP contribution in [0.3, 0.4) is 0 Å². The van der Waals surface area contributed by atoms with E-state index in [1.54, 1.807) is 0 Å². The Hall–Kier alpha value is -0.870. The third kappa shape index (κ3) is 3.54. The molecular weight excluding hydrogens is 214 g/mol. The molecular formula is C13H23N3O. The molecule has 0 saturated carbocycles. The van der Waals surface area contributed by atoms with E-state index in [1.807, 2.05) is 23.1 Å². The molecule has 0 bridgehead atoms. The van der Waals surface area contributed by atoms with Crippen LogP contribution in [-0.2, 0) is 4.74 Å². The van der Waals surface area contributed by atoms with Gasteiger partial charge in [-0.05, 0) is 39.2 Å². The first kappa shape index (κ1) is 12.6. The van der Waals surface area contributed by atoms with Crippen molar-refractivity contribution >= 4 is 0 Å². The molecule has 2 rings (SSSR count). The van der Waals surface area contributed by atoms with E-state index < -0.39 is 0 Å². The number of hydrogen-bond acceptors (Lipinski definition) is 3. The molecule has 4 nitrogen and oxygen atoms in total. The van der Waals surface area contributed by atoms with Crippen molar-refractivity contribution < 1.29 is 4.74 Å². The monoisotopic (exact) mass is 237 g/mol. The van der Waals surface area contributed by atoms with E-state index in [0.717, 1.165) is 13.2 Å². The van der Waals surface area contributed by atoms with Gasteiger partial charge in [0.15, 0.2) is 0 Å². The van der Waals surface area contributed by atoms with Crippen molar-refractivity contribution in [2.24, 2.45) is 0 Å². The molecule has 1 aromatic rings. The van der Waals surface area contributed by atoms with Gasteiger partial charge in [0, 0.05) is 31.6 Å². The van der Waals surface area contributed by atoms with Crippen LogP contribution in [0, 0.1) is 0 Å². The van der Waals surface area contributed by atoms with Crippen LogP contribution in [0.1, 0.15) is 39.2 Å². The Labute approximate surface area is 103 Å². The van der Waals surface area contributed by atoms with Crippen molar-refractivity contribution in [3.05, 3.63) is 18.5 Å². The molecule has 0 aromatic carbocycles. The molecule has 1 aliphatic rings. The van der Waals surface area contributed by atoms with E-state index in [9.17, 15) is 0 Å². The summed E-state index contributed by atoms with van der Waals surface area (Å²) in [4.78, 5) is 0. The van der Waals surface area contributed by atoms with E-state index in [0.29, 0.717) is 18.2 Å². The first-order valence-corrected chi connectivity index (χ1v) is 6.61. The van der Waals surface area contributed by atoms with Crippen molar-refractivity contribution in [3.63, 3.8) is 0 Å². The van der Waals surface area contributed by atoms with Gasteiger partial charge in [0.2, 0.25) is 0 Å². The summed E-state index contributed by atoms with van der Waals surface area (Å²) in [6, 6.07) is 2.74. The van der Waals surface area contributed by atoms with Gasteiger partial charge in [-0.15, -0.1) is 0 Å². The van der Waals surface area contributed by atoms with Gasteiger partial charge in [-0.25, -0.2) is 0 Å². The second kappa shape index (κ2) is 6.17. The highest BCUT2D eigenvalue weighted by molar-refractivity contribution is 4.84. The third-order valence-corrected chi connectivity index (χ3v) is 3.61. The topological polar surface area (TPSA) is 39.1 Å². The third-order valence-electron chi connectivity index (χ3n) is 3.61. The Balaban J connectivity index is 1.74. The predicted molar refractivity (Wildman–Crippen MR) is 68.0 cm³/mol. The lowest BCUT2D eigenvalue weighted by Gasteiger charge is -2.27. The van der Waals surface area contributed by atoms with Crippen molar-refractivity contribution in [3.8, 4) is 0 Å². The number of nitrogens with one attached hydrogen (secondary N) is 1. The van der Waals surface area contributed by atoms with Gasteiger partial charge >= 0.3 is 0 Å². The molecule has 0 amide bonds. The predicted octanol–water partition coefficient (Wildman–Crippen LogP) is 1.99. The largest absolute Gasteiger partial charge is 0.377 e. The number of ether oxygens (including phenoxy) is 1. The van der Waals surface area contributed by atoms with E-state index in [2.05, 4.69) is 24.3 Å². The van der Waals surface area contributed by atoms with Gasteiger partial charge in [-0.1, -0.05) is 0 Å². The van der Waals surface area contributed by atoms with Crippen molar-refractivity contribution in [2.45, 2.75) is 51.3 Å². The molecule has 17 heavy (non-hydrogen) atoms. The molecule has 0 spiro atoms. The fourth-order valence-electron chi connectivity index (χ4n) is 2.21. The molecule has 1 N–H and O–H groups in total. The molecule has 1 aromatic heterocycles. The molecule has 0 aliphatic carbocycles. The summed E-state index contributed by atoms with van der Waals surface area (Å²) in [5.41, 5.74) is 0. The summed E-state index contributed by atoms with van der Waals surface area (Å²) in [6.45, 7) is 6.27. The normalized spacial score (nSPS) is 24.5. The minimum Gasteiger partial charge on any atom is -0.377 e. The summed E-state index contributed by atoms with van der Waals surface area (Å²) < 4.78 is 7.71. The average molecular weight is 237 g/mol. The number of nitrogens with zero attached hydrogens (tertiary/aromatic N) is 2. The number of rotatable bonds is 5. The lowest BCUT2D eigenvalue weighted by Crippen LogP contribution is -2.40. The minimum atomic E-state index is 0.369. The van der Waals surface area contributed by atoms with Crippen LogP contribution in [0.4, 0.5) is 0 Å². The van der Waals surface area contributed by atoms with E-state index in [4.69, 9.17) is 4.74 Å². The molecule has 2 heterocycles. The maximum Gasteiger partial charge on any atom is 0.0699 e.